The molecule has 0 aliphatic heterocycles. The van der Waals surface area contributed by atoms with Crippen LogP contribution in [0.1, 0.15) is 34.3 Å². The first-order chi connectivity index (χ1) is 15.5. The number of nitrogens with zero attached hydrogens (tertiary/aromatic N) is 5. The maximum absolute atomic E-state index is 13.2. The van der Waals surface area contributed by atoms with Gasteiger partial charge in [-0.1, -0.05) is 22.5 Å². The third-order valence-electron chi connectivity index (χ3n) is 5.28. The van der Waals surface area contributed by atoms with Crippen LogP contribution in [0.15, 0.2) is 53.2 Å². The Labute approximate surface area is 182 Å². The van der Waals surface area contributed by atoms with Gasteiger partial charge in [0, 0.05) is 11.3 Å². The van der Waals surface area contributed by atoms with Crippen molar-refractivity contribution in [3.8, 4) is 22.8 Å². The summed E-state index contributed by atoms with van der Waals surface area (Å²) in [6, 6.07) is 12.6. The van der Waals surface area contributed by atoms with Gasteiger partial charge in [-0.2, -0.15) is 4.98 Å². The number of hydrogen-bond donors (Lipinski definition) is 1. The summed E-state index contributed by atoms with van der Waals surface area (Å²) in [5.74, 6) is 0.651. The number of aromatic nitrogens is 5. The van der Waals surface area contributed by atoms with Crippen molar-refractivity contribution < 1.29 is 18.4 Å². The third-order valence-corrected chi connectivity index (χ3v) is 5.28. The second-order valence-corrected chi connectivity index (χ2v) is 7.54. The minimum absolute atomic E-state index is 0.162. The van der Waals surface area contributed by atoms with Crippen LogP contribution in [-0.2, 0) is 0 Å². The average molecular weight is 434 g/mol. The predicted octanol–water partition coefficient (Wildman–Crippen LogP) is 3.71. The fourth-order valence-corrected chi connectivity index (χ4v) is 3.23. The normalized spacial score (nSPS) is 17.2. The van der Waals surface area contributed by atoms with E-state index in [9.17, 15) is 9.18 Å². The quantitative estimate of drug-likeness (QED) is 0.493. The first kappa shape index (κ1) is 19.9. The van der Waals surface area contributed by atoms with Gasteiger partial charge in [0.05, 0.1) is 24.9 Å². The first-order valence-electron chi connectivity index (χ1n) is 9.98. The number of hydrogen-bond acceptors (Lipinski definition) is 7. The molecule has 0 unspecified atom stereocenters. The van der Waals surface area contributed by atoms with Crippen molar-refractivity contribution in [1.82, 2.24) is 25.1 Å². The van der Waals surface area contributed by atoms with Crippen molar-refractivity contribution in [3.05, 3.63) is 65.8 Å². The van der Waals surface area contributed by atoms with Crippen LogP contribution in [0, 0.1) is 6.92 Å². The zero-order chi connectivity index (χ0) is 22.2. The number of methoxy groups -OCH3 is 1. The highest BCUT2D eigenvalue weighted by Crippen LogP contribution is 2.43. The number of ether oxygens (including phenoxy) is 1. The molecule has 9 nitrogen and oxygen atoms in total. The molecule has 0 saturated heterocycles. The van der Waals surface area contributed by atoms with E-state index in [-0.39, 0.29) is 11.6 Å². The molecule has 1 amide bonds. The van der Waals surface area contributed by atoms with E-state index in [1.807, 2.05) is 31.2 Å². The molecule has 10 heteroatoms. The van der Waals surface area contributed by atoms with Crippen molar-refractivity contribution in [3.63, 3.8) is 0 Å². The molecule has 2 aromatic heterocycles. The smallest absolute Gasteiger partial charge is 0.277 e. The Morgan fingerprint density at radius 3 is 2.75 bits per heavy atom. The molecule has 1 N–H and O–H groups in total. The lowest BCUT2D eigenvalue weighted by Gasteiger charge is -2.08. The van der Waals surface area contributed by atoms with Gasteiger partial charge in [0.15, 0.2) is 5.69 Å². The number of benzene rings is 2. The van der Waals surface area contributed by atoms with E-state index in [0.29, 0.717) is 29.4 Å². The monoisotopic (exact) mass is 434 g/mol. The van der Waals surface area contributed by atoms with E-state index in [0.717, 1.165) is 17.0 Å². The molecule has 162 valence electrons. The van der Waals surface area contributed by atoms with E-state index in [1.165, 1.54) is 4.68 Å². The van der Waals surface area contributed by atoms with Crippen molar-refractivity contribution in [1.29, 1.82) is 0 Å². The van der Waals surface area contributed by atoms with Crippen LogP contribution in [0.3, 0.4) is 0 Å². The number of anilines is 1. The fourth-order valence-electron chi connectivity index (χ4n) is 3.23. The summed E-state index contributed by atoms with van der Waals surface area (Å²) in [5.41, 5.74) is 2.98. The number of aryl methyl sites for hydroxylation is 1. The second-order valence-electron chi connectivity index (χ2n) is 7.54. The lowest BCUT2D eigenvalue weighted by molar-refractivity contribution is 0.102. The molecule has 1 saturated carbocycles. The molecule has 2 heterocycles. The number of nitrogens with one attached hydrogen (secondary N) is 1. The SMILES string of the molecule is COc1ccc(-n2cc(C(=O)Nc3cc(-c4noc([C@H]5C[C@@H]5F)n4)ccc3C)nn2)cc1. The van der Waals surface area contributed by atoms with E-state index in [4.69, 9.17) is 9.26 Å². The number of amides is 1. The molecule has 32 heavy (non-hydrogen) atoms. The summed E-state index contributed by atoms with van der Waals surface area (Å²) in [4.78, 5) is 17.0. The van der Waals surface area contributed by atoms with Gasteiger partial charge < -0.3 is 14.6 Å². The Morgan fingerprint density at radius 2 is 2.03 bits per heavy atom. The standard InChI is InChI=1S/C22H19FN6O3/c1-12-3-4-13(20-25-22(32-27-20)16-10-17(16)23)9-18(12)24-21(30)19-11-29(28-26-19)14-5-7-15(31-2)8-6-14/h3-9,11,16-17H,10H2,1-2H3,(H,24,30)/t16-,17-/m0/s1. The van der Waals surface area contributed by atoms with Gasteiger partial charge in [0.1, 0.15) is 11.9 Å². The summed E-state index contributed by atoms with van der Waals surface area (Å²) < 4.78 is 25.1. The number of carbonyl (C=O) groups is 1. The van der Waals surface area contributed by atoms with Crippen LogP contribution in [0.25, 0.3) is 17.1 Å². The molecule has 1 aliphatic carbocycles. The number of rotatable bonds is 6. The molecule has 0 bridgehead atoms. The van der Waals surface area contributed by atoms with Crippen molar-refractivity contribution in [2.75, 3.05) is 12.4 Å². The molecule has 1 fully saturated rings. The van der Waals surface area contributed by atoms with Gasteiger partial charge in [-0.3, -0.25) is 4.79 Å². The van der Waals surface area contributed by atoms with Crippen molar-refractivity contribution in [2.45, 2.75) is 25.4 Å². The number of alkyl halides is 1. The zero-order valence-corrected chi connectivity index (χ0v) is 17.3. The third kappa shape index (κ3) is 3.82. The molecular formula is C22H19FN6O3. The first-order valence-corrected chi connectivity index (χ1v) is 9.98. The van der Waals surface area contributed by atoms with Gasteiger partial charge in [0.2, 0.25) is 11.7 Å². The highest BCUT2D eigenvalue weighted by molar-refractivity contribution is 6.03. The number of carbonyl (C=O) groups excluding carboxylic acids is 1. The fraction of sp³-hybridized carbons (Fsp3) is 0.227. The minimum Gasteiger partial charge on any atom is -0.497 e. The molecule has 2 atom stereocenters. The predicted molar refractivity (Wildman–Crippen MR) is 113 cm³/mol. The summed E-state index contributed by atoms with van der Waals surface area (Å²) in [6.45, 7) is 1.87. The molecule has 4 aromatic rings. The van der Waals surface area contributed by atoms with E-state index in [1.54, 1.807) is 31.5 Å². The largest absolute Gasteiger partial charge is 0.497 e. The lowest BCUT2D eigenvalue weighted by atomic mass is 10.1. The lowest BCUT2D eigenvalue weighted by Crippen LogP contribution is -2.13. The van der Waals surface area contributed by atoms with Crippen LogP contribution in [-0.4, -0.2) is 44.3 Å². The van der Waals surface area contributed by atoms with Crippen molar-refractivity contribution in [2.24, 2.45) is 0 Å². The molecular weight excluding hydrogens is 415 g/mol. The maximum Gasteiger partial charge on any atom is 0.277 e. The average Bonchev–Trinajstić information content (AvgIpc) is 3.21. The van der Waals surface area contributed by atoms with Gasteiger partial charge in [-0.05, 0) is 49.2 Å². The zero-order valence-electron chi connectivity index (χ0n) is 17.3. The van der Waals surface area contributed by atoms with Crippen molar-refractivity contribution >= 4 is 11.6 Å². The Balaban J connectivity index is 1.33. The molecule has 1 aliphatic rings. The molecule has 2 aromatic carbocycles. The summed E-state index contributed by atoms with van der Waals surface area (Å²) >= 11 is 0. The highest BCUT2D eigenvalue weighted by atomic mass is 19.1. The van der Waals surface area contributed by atoms with E-state index in [2.05, 4.69) is 25.8 Å². The van der Waals surface area contributed by atoms with Crippen LogP contribution in [0.4, 0.5) is 10.1 Å². The van der Waals surface area contributed by atoms with E-state index < -0.39 is 12.1 Å². The topological polar surface area (TPSA) is 108 Å². The molecule has 5 rings (SSSR count). The van der Waals surface area contributed by atoms with E-state index >= 15 is 0 Å². The summed E-state index contributed by atoms with van der Waals surface area (Å²) in [6.07, 6.45) is 1.04. The maximum atomic E-state index is 13.2. The number of halogens is 1. The second kappa shape index (κ2) is 7.88. The Bertz CT molecular complexity index is 1280. The highest BCUT2D eigenvalue weighted by Gasteiger charge is 2.43. The van der Waals surface area contributed by atoms with Gasteiger partial charge >= 0.3 is 0 Å². The summed E-state index contributed by atoms with van der Waals surface area (Å²) in [5, 5.41) is 14.8. The summed E-state index contributed by atoms with van der Waals surface area (Å²) in [7, 11) is 1.59. The van der Waals surface area contributed by atoms with Gasteiger partial charge in [-0.25, -0.2) is 9.07 Å². The van der Waals surface area contributed by atoms with Crippen LogP contribution >= 0.6 is 0 Å². The van der Waals surface area contributed by atoms with Crippen LogP contribution < -0.4 is 10.1 Å². The Hall–Kier alpha value is -4.08. The van der Waals surface area contributed by atoms with Gasteiger partial charge in [-0.15, -0.1) is 5.10 Å². The molecule has 0 spiro atoms. The minimum atomic E-state index is -0.914. The Kier molecular flexibility index (Phi) is 4.89. The van der Waals surface area contributed by atoms with Crippen LogP contribution in [0.2, 0.25) is 0 Å². The molecule has 0 radical (unpaired) electrons. The van der Waals surface area contributed by atoms with Gasteiger partial charge in [0.25, 0.3) is 5.91 Å². The van der Waals surface area contributed by atoms with Crippen LogP contribution in [0.5, 0.6) is 5.75 Å². The Morgan fingerprint density at radius 1 is 1.25 bits per heavy atom.